The third kappa shape index (κ3) is 4.80. The van der Waals surface area contributed by atoms with E-state index in [0.717, 1.165) is 11.3 Å². The molecule has 1 aromatic carbocycles. The topological polar surface area (TPSA) is 79.3 Å². The Balaban J connectivity index is 2.21. The quantitative estimate of drug-likeness (QED) is 0.834. The number of nitrogens with zero attached hydrogens (tertiary/aromatic N) is 1. The SMILES string of the molecule is CC(C)(CCC(=O)O)NC(=O)c1cc(-c2ccccn2)ccc1Cl. The summed E-state index contributed by atoms with van der Waals surface area (Å²) < 4.78 is 0. The minimum atomic E-state index is -0.896. The fourth-order valence-electron chi connectivity index (χ4n) is 2.25. The highest BCUT2D eigenvalue weighted by Gasteiger charge is 2.23. The van der Waals surface area contributed by atoms with Gasteiger partial charge < -0.3 is 10.4 Å². The van der Waals surface area contributed by atoms with Crippen molar-refractivity contribution in [1.29, 1.82) is 0 Å². The molecule has 0 saturated carbocycles. The average molecular weight is 347 g/mol. The molecule has 0 bridgehead atoms. The van der Waals surface area contributed by atoms with E-state index in [1.807, 2.05) is 18.2 Å². The molecular weight excluding hydrogens is 328 g/mol. The van der Waals surface area contributed by atoms with E-state index >= 15 is 0 Å². The lowest BCUT2D eigenvalue weighted by molar-refractivity contribution is -0.137. The molecule has 126 valence electrons. The first-order valence-corrected chi connectivity index (χ1v) is 7.91. The van der Waals surface area contributed by atoms with Crippen LogP contribution in [0.25, 0.3) is 11.3 Å². The lowest BCUT2D eigenvalue weighted by atomic mass is 9.97. The Labute approximate surface area is 145 Å². The lowest BCUT2D eigenvalue weighted by Gasteiger charge is -2.26. The first-order chi connectivity index (χ1) is 11.3. The van der Waals surface area contributed by atoms with Crippen LogP contribution < -0.4 is 5.32 Å². The van der Waals surface area contributed by atoms with Crippen molar-refractivity contribution >= 4 is 23.5 Å². The van der Waals surface area contributed by atoms with Gasteiger partial charge in [-0.3, -0.25) is 14.6 Å². The zero-order valence-electron chi connectivity index (χ0n) is 13.5. The molecule has 0 atom stereocenters. The molecule has 1 heterocycles. The molecule has 5 nitrogen and oxygen atoms in total. The number of aromatic nitrogens is 1. The number of hydrogen-bond donors (Lipinski definition) is 2. The summed E-state index contributed by atoms with van der Waals surface area (Å²) in [5, 5.41) is 12.0. The van der Waals surface area contributed by atoms with E-state index < -0.39 is 11.5 Å². The minimum absolute atomic E-state index is 0.0189. The maximum absolute atomic E-state index is 12.5. The number of aliphatic carboxylic acids is 1. The van der Waals surface area contributed by atoms with E-state index in [0.29, 0.717) is 17.0 Å². The third-order valence-corrected chi connectivity index (χ3v) is 3.92. The maximum atomic E-state index is 12.5. The van der Waals surface area contributed by atoms with Gasteiger partial charge >= 0.3 is 5.97 Å². The normalized spacial score (nSPS) is 11.1. The molecular formula is C18H19ClN2O3. The number of halogens is 1. The van der Waals surface area contributed by atoms with Gasteiger partial charge in [0.05, 0.1) is 16.3 Å². The summed E-state index contributed by atoms with van der Waals surface area (Å²) in [5.74, 6) is -1.24. The molecule has 0 unspecified atom stereocenters. The highest BCUT2D eigenvalue weighted by atomic mass is 35.5. The Morgan fingerprint density at radius 2 is 2.00 bits per heavy atom. The van der Waals surface area contributed by atoms with E-state index in [1.54, 1.807) is 38.2 Å². The summed E-state index contributed by atoms with van der Waals surface area (Å²) >= 11 is 6.16. The Bertz CT molecular complexity index is 745. The molecule has 0 aliphatic rings. The Morgan fingerprint density at radius 1 is 1.25 bits per heavy atom. The number of amides is 1. The van der Waals surface area contributed by atoms with Crippen LogP contribution in [0, 0.1) is 0 Å². The van der Waals surface area contributed by atoms with Crippen molar-refractivity contribution in [2.75, 3.05) is 0 Å². The summed E-state index contributed by atoms with van der Waals surface area (Å²) in [6.07, 6.45) is 1.99. The van der Waals surface area contributed by atoms with Gasteiger partial charge in [-0.1, -0.05) is 23.7 Å². The first-order valence-electron chi connectivity index (χ1n) is 7.54. The monoisotopic (exact) mass is 346 g/mol. The summed E-state index contributed by atoms with van der Waals surface area (Å²) in [4.78, 5) is 27.5. The number of hydrogen-bond acceptors (Lipinski definition) is 3. The molecule has 0 radical (unpaired) electrons. The third-order valence-electron chi connectivity index (χ3n) is 3.59. The molecule has 0 aliphatic heterocycles. The number of carbonyl (C=O) groups is 2. The molecule has 2 aromatic rings. The number of carboxylic acids is 1. The van der Waals surface area contributed by atoms with Crippen molar-refractivity contribution < 1.29 is 14.7 Å². The Hall–Kier alpha value is -2.40. The molecule has 2 N–H and O–H groups in total. The molecule has 24 heavy (non-hydrogen) atoms. The second kappa shape index (κ2) is 7.45. The molecule has 6 heteroatoms. The van der Waals surface area contributed by atoms with Crippen LogP contribution >= 0.6 is 11.6 Å². The molecule has 0 fully saturated rings. The van der Waals surface area contributed by atoms with Crippen molar-refractivity contribution in [3.05, 3.63) is 53.2 Å². The summed E-state index contributed by atoms with van der Waals surface area (Å²) in [6, 6.07) is 10.7. The van der Waals surface area contributed by atoms with Gasteiger partial charge in [-0.05, 0) is 44.5 Å². The Kier molecular flexibility index (Phi) is 5.57. The smallest absolute Gasteiger partial charge is 0.303 e. The molecule has 0 saturated heterocycles. The number of rotatable bonds is 6. The van der Waals surface area contributed by atoms with Gasteiger partial charge in [-0.2, -0.15) is 0 Å². The van der Waals surface area contributed by atoms with E-state index in [2.05, 4.69) is 10.3 Å². The van der Waals surface area contributed by atoms with Crippen molar-refractivity contribution in [1.82, 2.24) is 10.3 Å². The standard InChI is InChI=1S/C18H19ClN2O3/c1-18(2,9-8-16(22)23)21-17(24)13-11-12(6-7-14(13)19)15-5-3-4-10-20-15/h3-7,10-11H,8-9H2,1-2H3,(H,21,24)(H,22,23). The van der Waals surface area contributed by atoms with Crippen molar-refractivity contribution in [2.45, 2.75) is 32.2 Å². The van der Waals surface area contributed by atoms with Crippen molar-refractivity contribution in [3.8, 4) is 11.3 Å². The van der Waals surface area contributed by atoms with E-state index in [9.17, 15) is 9.59 Å². The van der Waals surface area contributed by atoms with Crippen LogP contribution in [-0.2, 0) is 4.79 Å². The van der Waals surface area contributed by atoms with Crippen molar-refractivity contribution in [2.24, 2.45) is 0 Å². The number of pyridine rings is 1. The molecule has 2 rings (SSSR count). The highest BCUT2D eigenvalue weighted by molar-refractivity contribution is 6.34. The second-order valence-corrected chi connectivity index (χ2v) is 6.55. The van der Waals surface area contributed by atoms with Gasteiger partial charge in [0.15, 0.2) is 0 Å². The van der Waals surface area contributed by atoms with Gasteiger partial charge in [0.25, 0.3) is 5.91 Å². The average Bonchev–Trinajstić information content (AvgIpc) is 2.54. The van der Waals surface area contributed by atoms with Crippen LogP contribution in [-0.4, -0.2) is 27.5 Å². The fourth-order valence-corrected chi connectivity index (χ4v) is 2.45. The van der Waals surface area contributed by atoms with Gasteiger partial charge in [-0.15, -0.1) is 0 Å². The summed E-state index contributed by atoms with van der Waals surface area (Å²) in [5.41, 5.74) is 1.21. The molecule has 0 aliphatic carbocycles. The fraction of sp³-hybridized carbons (Fsp3) is 0.278. The molecule has 0 spiro atoms. The van der Waals surface area contributed by atoms with E-state index in [4.69, 9.17) is 16.7 Å². The predicted octanol–water partition coefficient (Wildman–Crippen LogP) is 3.78. The van der Waals surface area contributed by atoms with Crippen LogP contribution in [0.5, 0.6) is 0 Å². The van der Waals surface area contributed by atoms with Gasteiger partial charge in [0, 0.05) is 23.7 Å². The summed E-state index contributed by atoms with van der Waals surface area (Å²) in [7, 11) is 0. The number of benzene rings is 1. The van der Waals surface area contributed by atoms with E-state index in [1.165, 1.54) is 0 Å². The largest absolute Gasteiger partial charge is 0.481 e. The number of carbonyl (C=O) groups excluding carboxylic acids is 1. The predicted molar refractivity (Wildman–Crippen MR) is 93.1 cm³/mol. The lowest BCUT2D eigenvalue weighted by Crippen LogP contribution is -2.43. The van der Waals surface area contributed by atoms with Gasteiger partial charge in [0.2, 0.25) is 0 Å². The van der Waals surface area contributed by atoms with Crippen LogP contribution in [0.15, 0.2) is 42.6 Å². The van der Waals surface area contributed by atoms with Crippen LogP contribution in [0.4, 0.5) is 0 Å². The van der Waals surface area contributed by atoms with Crippen molar-refractivity contribution in [3.63, 3.8) is 0 Å². The number of carboxylic acid groups (broad SMARTS) is 1. The highest BCUT2D eigenvalue weighted by Crippen LogP contribution is 2.24. The molecule has 1 aromatic heterocycles. The summed E-state index contributed by atoms with van der Waals surface area (Å²) in [6.45, 7) is 3.56. The maximum Gasteiger partial charge on any atom is 0.303 e. The zero-order chi connectivity index (χ0) is 17.7. The molecule has 1 amide bonds. The van der Waals surface area contributed by atoms with Gasteiger partial charge in [-0.25, -0.2) is 0 Å². The zero-order valence-corrected chi connectivity index (χ0v) is 14.3. The minimum Gasteiger partial charge on any atom is -0.481 e. The van der Waals surface area contributed by atoms with Crippen LogP contribution in [0.3, 0.4) is 0 Å². The number of nitrogens with one attached hydrogen (secondary N) is 1. The first kappa shape index (κ1) is 17.9. The van der Waals surface area contributed by atoms with E-state index in [-0.39, 0.29) is 12.3 Å². The van der Waals surface area contributed by atoms with Crippen LogP contribution in [0.1, 0.15) is 37.0 Å². The van der Waals surface area contributed by atoms with Gasteiger partial charge in [0.1, 0.15) is 0 Å². The second-order valence-electron chi connectivity index (χ2n) is 6.14. The Morgan fingerprint density at radius 3 is 2.62 bits per heavy atom. The van der Waals surface area contributed by atoms with Crippen LogP contribution in [0.2, 0.25) is 5.02 Å².